The van der Waals surface area contributed by atoms with Gasteiger partial charge in [0, 0.05) is 42.7 Å². The minimum atomic E-state index is -3.09. The van der Waals surface area contributed by atoms with Gasteiger partial charge in [-0.15, -0.1) is 0 Å². The van der Waals surface area contributed by atoms with Crippen molar-refractivity contribution in [2.45, 2.75) is 38.5 Å². The molecule has 0 bridgehead atoms. The average Bonchev–Trinajstić information content (AvgIpc) is 3.11. The number of pyridine rings is 1. The van der Waals surface area contributed by atoms with Crippen molar-refractivity contribution in [3.05, 3.63) is 36.3 Å². The predicted molar refractivity (Wildman–Crippen MR) is 94.1 cm³/mol. The number of nitrogens with one attached hydrogen (secondary N) is 1. The molecule has 0 aromatic carbocycles. The summed E-state index contributed by atoms with van der Waals surface area (Å²) < 4.78 is 26.2. The molecule has 1 saturated heterocycles. The minimum absolute atomic E-state index is 0.268. The lowest BCUT2D eigenvalue weighted by molar-refractivity contribution is 0.316. The zero-order valence-electron chi connectivity index (χ0n) is 14.0. The highest BCUT2D eigenvalue weighted by Gasteiger charge is 2.29. The molecule has 6 nitrogen and oxygen atoms in total. The molecule has 1 aliphatic heterocycles. The SMILES string of the molecule is CCCCS(=O)(=O)N1CCC(c2cc(-c3ccncc3)n[nH]2)CC1. The lowest BCUT2D eigenvalue weighted by atomic mass is 9.94. The predicted octanol–water partition coefficient (Wildman–Crippen LogP) is 2.78. The highest BCUT2D eigenvalue weighted by Crippen LogP contribution is 2.30. The largest absolute Gasteiger partial charge is 0.282 e. The van der Waals surface area contributed by atoms with Gasteiger partial charge in [-0.2, -0.15) is 5.10 Å². The molecule has 0 unspecified atom stereocenters. The highest BCUT2D eigenvalue weighted by atomic mass is 32.2. The summed E-state index contributed by atoms with van der Waals surface area (Å²) in [5.74, 6) is 0.607. The summed E-state index contributed by atoms with van der Waals surface area (Å²) in [6.45, 7) is 3.21. The lowest BCUT2D eigenvalue weighted by Crippen LogP contribution is -2.39. The van der Waals surface area contributed by atoms with E-state index >= 15 is 0 Å². The molecular weight excluding hydrogens is 324 g/mol. The van der Waals surface area contributed by atoms with Crippen LogP contribution in [0, 0.1) is 0 Å². The average molecular weight is 348 g/mol. The molecule has 2 aromatic heterocycles. The third-order valence-electron chi connectivity index (χ3n) is 4.62. The Labute approximate surface area is 143 Å². The van der Waals surface area contributed by atoms with Gasteiger partial charge in [-0.25, -0.2) is 12.7 Å². The van der Waals surface area contributed by atoms with E-state index in [-0.39, 0.29) is 5.75 Å². The van der Waals surface area contributed by atoms with E-state index in [1.807, 2.05) is 19.1 Å². The first-order chi connectivity index (χ1) is 11.6. The normalized spacial score (nSPS) is 17.2. The number of sulfonamides is 1. The van der Waals surface area contributed by atoms with Crippen LogP contribution < -0.4 is 0 Å². The third kappa shape index (κ3) is 3.84. The summed E-state index contributed by atoms with van der Waals surface area (Å²) in [7, 11) is -3.09. The molecule has 0 spiro atoms. The second-order valence-corrected chi connectivity index (χ2v) is 8.38. The fourth-order valence-electron chi connectivity index (χ4n) is 3.12. The van der Waals surface area contributed by atoms with Crippen LogP contribution in [0.25, 0.3) is 11.3 Å². The van der Waals surface area contributed by atoms with E-state index in [2.05, 4.69) is 21.2 Å². The maximum Gasteiger partial charge on any atom is 0.214 e. The molecule has 0 aliphatic carbocycles. The molecule has 0 saturated carbocycles. The number of rotatable bonds is 6. The maximum atomic E-state index is 12.3. The molecule has 0 radical (unpaired) electrons. The van der Waals surface area contributed by atoms with E-state index in [1.165, 1.54) is 0 Å². The Kier molecular flexibility index (Phi) is 5.30. The zero-order valence-corrected chi connectivity index (χ0v) is 14.8. The number of unbranched alkanes of at least 4 members (excludes halogenated alkanes) is 1. The summed E-state index contributed by atoms with van der Waals surface area (Å²) in [5, 5.41) is 7.51. The third-order valence-corrected chi connectivity index (χ3v) is 6.57. The molecule has 3 heterocycles. The van der Waals surface area contributed by atoms with Crippen LogP contribution in [0.4, 0.5) is 0 Å². The van der Waals surface area contributed by atoms with E-state index in [0.29, 0.717) is 19.0 Å². The zero-order chi connectivity index (χ0) is 17.0. The van der Waals surface area contributed by atoms with Crippen LogP contribution >= 0.6 is 0 Å². The highest BCUT2D eigenvalue weighted by molar-refractivity contribution is 7.89. The number of nitrogens with zero attached hydrogens (tertiary/aromatic N) is 3. The standard InChI is InChI=1S/C17H24N4O2S/c1-2-3-12-24(22,23)21-10-6-15(7-11-21)17-13-16(19-20-17)14-4-8-18-9-5-14/h4-5,8-9,13,15H,2-3,6-7,10-12H2,1H3,(H,19,20). The summed E-state index contributed by atoms with van der Waals surface area (Å²) in [6.07, 6.45) is 6.82. The van der Waals surface area contributed by atoms with Crippen molar-refractivity contribution in [1.82, 2.24) is 19.5 Å². The maximum absolute atomic E-state index is 12.3. The summed E-state index contributed by atoms with van der Waals surface area (Å²) in [4.78, 5) is 4.02. The van der Waals surface area contributed by atoms with Crippen molar-refractivity contribution in [3.63, 3.8) is 0 Å². The monoisotopic (exact) mass is 348 g/mol. The van der Waals surface area contributed by atoms with Gasteiger partial charge in [-0.3, -0.25) is 10.1 Å². The van der Waals surface area contributed by atoms with Crippen LogP contribution in [-0.2, 0) is 10.0 Å². The first-order valence-electron chi connectivity index (χ1n) is 8.53. The molecule has 130 valence electrons. The number of H-pyrrole nitrogens is 1. The topological polar surface area (TPSA) is 79.0 Å². The fraction of sp³-hybridized carbons (Fsp3) is 0.529. The van der Waals surface area contributed by atoms with Crippen molar-refractivity contribution in [3.8, 4) is 11.3 Å². The Morgan fingerprint density at radius 3 is 2.62 bits per heavy atom. The molecule has 7 heteroatoms. The van der Waals surface area contributed by atoms with Gasteiger partial charge in [-0.1, -0.05) is 13.3 Å². The Morgan fingerprint density at radius 2 is 1.96 bits per heavy atom. The summed E-state index contributed by atoms with van der Waals surface area (Å²) in [6, 6.07) is 5.94. The molecule has 1 aliphatic rings. The van der Waals surface area contributed by atoms with E-state index in [1.54, 1.807) is 16.7 Å². The number of aromatic nitrogens is 3. The van der Waals surface area contributed by atoms with Crippen molar-refractivity contribution >= 4 is 10.0 Å². The molecular formula is C17H24N4O2S. The first-order valence-corrected chi connectivity index (χ1v) is 10.1. The van der Waals surface area contributed by atoms with Crippen LogP contribution in [0.2, 0.25) is 0 Å². The van der Waals surface area contributed by atoms with Crippen LogP contribution in [0.1, 0.15) is 44.2 Å². The Morgan fingerprint density at radius 1 is 1.25 bits per heavy atom. The molecule has 1 fully saturated rings. The van der Waals surface area contributed by atoms with Gasteiger partial charge in [0.25, 0.3) is 0 Å². The number of aromatic amines is 1. The molecule has 2 aromatic rings. The molecule has 0 amide bonds. The van der Waals surface area contributed by atoms with E-state index in [9.17, 15) is 8.42 Å². The van der Waals surface area contributed by atoms with Gasteiger partial charge in [-0.05, 0) is 37.5 Å². The number of hydrogen-bond donors (Lipinski definition) is 1. The van der Waals surface area contributed by atoms with Crippen LogP contribution in [0.5, 0.6) is 0 Å². The first kappa shape index (κ1) is 17.1. The summed E-state index contributed by atoms with van der Waals surface area (Å²) in [5.41, 5.74) is 3.03. The van der Waals surface area contributed by atoms with Crippen LogP contribution in [-0.4, -0.2) is 46.7 Å². The minimum Gasteiger partial charge on any atom is -0.282 e. The van der Waals surface area contributed by atoms with Gasteiger partial charge in [0.05, 0.1) is 11.4 Å². The smallest absolute Gasteiger partial charge is 0.214 e. The Hall–Kier alpha value is -1.73. The van der Waals surface area contributed by atoms with E-state index in [0.717, 1.165) is 42.6 Å². The van der Waals surface area contributed by atoms with Gasteiger partial charge >= 0.3 is 0 Å². The van der Waals surface area contributed by atoms with E-state index in [4.69, 9.17) is 0 Å². The molecule has 3 rings (SSSR count). The van der Waals surface area contributed by atoms with Gasteiger partial charge in [0.2, 0.25) is 10.0 Å². The van der Waals surface area contributed by atoms with E-state index < -0.39 is 10.0 Å². The van der Waals surface area contributed by atoms with Crippen molar-refractivity contribution in [1.29, 1.82) is 0 Å². The molecule has 0 atom stereocenters. The second kappa shape index (κ2) is 7.44. The van der Waals surface area contributed by atoms with Crippen LogP contribution in [0.3, 0.4) is 0 Å². The quantitative estimate of drug-likeness (QED) is 0.870. The Balaban J connectivity index is 1.62. The van der Waals surface area contributed by atoms with Crippen LogP contribution in [0.15, 0.2) is 30.6 Å². The second-order valence-electron chi connectivity index (χ2n) is 6.29. The van der Waals surface area contributed by atoms with Gasteiger partial charge < -0.3 is 0 Å². The molecule has 1 N–H and O–H groups in total. The Bertz CT molecular complexity index is 750. The summed E-state index contributed by atoms with van der Waals surface area (Å²) >= 11 is 0. The van der Waals surface area contributed by atoms with Gasteiger partial charge in [0.1, 0.15) is 0 Å². The number of hydrogen-bond acceptors (Lipinski definition) is 4. The fourth-order valence-corrected chi connectivity index (χ4v) is 4.80. The van der Waals surface area contributed by atoms with Crippen molar-refractivity contribution in [2.75, 3.05) is 18.8 Å². The van der Waals surface area contributed by atoms with Gasteiger partial charge in [0.15, 0.2) is 0 Å². The number of piperidine rings is 1. The van der Waals surface area contributed by atoms with Crippen molar-refractivity contribution < 1.29 is 8.42 Å². The lowest BCUT2D eigenvalue weighted by Gasteiger charge is -2.30. The van der Waals surface area contributed by atoms with Crippen molar-refractivity contribution in [2.24, 2.45) is 0 Å². The molecule has 24 heavy (non-hydrogen) atoms.